The third-order valence-electron chi connectivity index (χ3n) is 2.98. The van der Waals surface area contributed by atoms with E-state index in [9.17, 15) is 19.7 Å². The molecule has 0 fully saturated rings. The fraction of sp³-hybridized carbons (Fsp3) is 0.429. The number of rotatable bonds is 6. The zero-order chi connectivity index (χ0) is 16.0. The first kappa shape index (κ1) is 16.6. The third kappa shape index (κ3) is 4.27. The second-order valence-electron chi connectivity index (χ2n) is 4.56. The molecule has 1 aromatic carbocycles. The minimum Gasteiger partial charge on any atom is -0.468 e. The molecule has 0 aliphatic heterocycles. The molecule has 1 rings (SSSR count). The molecule has 0 heterocycles. The first-order valence-electron chi connectivity index (χ1n) is 6.51. The molecule has 7 heteroatoms. The maximum Gasteiger partial charge on any atom is 0.325 e. The van der Waals surface area contributed by atoms with Crippen molar-refractivity contribution in [1.82, 2.24) is 4.90 Å². The Kier molecular flexibility index (Phi) is 5.83. The fourth-order valence-corrected chi connectivity index (χ4v) is 1.86. The van der Waals surface area contributed by atoms with Crippen LogP contribution in [0.5, 0.6) is 0 Å². The highest BCUT2D eigenvalue weighted by molar-refractivity contribution is 5.96. The van der Waals surface area contributed by atoms with Crippen molar-refractivity contribution in [3.63, 3.8) is 0 Å². The van der Waals surface area contributed by atoms with E-state index in [0.29, 0.717) is 18.5 Å². The number of aryl methyl sites for hydroxylation is 1. The highest BCUT2D eigenvalue weighted by Crippen LogP contribution is 2.20. The average Bonchev–Trinajstić information content (AvgIpc) is 2.46. The molecule has 1 amide bonds. The number of ether oxygens (including phenoxy) is 1. The van der Waals surface area contributed by atoms with Crippen molar-refractivity contribution >= 4 is 17.6 Å². The summed E-state index contributed by atoms with van der Waals surface area (Å²) in [7, 11) is 1.24. The van der Waals surface area contributed by atoms with Gasteiger partial charge in [-0.2, -0.15) is 0 Å². The van der Waals surface area contributed by atoms with Gasteiger partial charge in [0.05, 0.1) is 12.0 Å². The smallest absolute Gasteiger partial charge is 0.325 e. The van der Waals surface area contributed by atoms with Crippen molar-refractivity contribution < 1.29 is 19.2 Å². The Morgan fingerprint density at radius 1 is 1.38 bits per heavy atom. The van der Waals surface area contributed by atoms with Gasteiger partial charge in [-0.05, 0) is 19.4 Å². The number of nitro groups is 1. The molecule has 0 bridgehead atoms. The van der Waals surface area contributed by atoms with Crippen molar-refractivity contribution in [3.05, 3.63) is 39.4 Å². The number of benzene rings is 1. The van der Waals surface area contributed by atoms with Gasteiger partial charge in [0, 0.05) is 23.7 Å². The molecule has 21 heavy (non-hydrogen) atoms. The summed E-state index contributed by atoms with van der Waals surface area (Å²) in [4.78, 5) is 35.4. The van der Waals surface area contributed by atoms with Gasteiger partial charge in [-0.15, -0.1) is 0 Å². The van der Waals surface area contributed by atoms with E-state index in [0.717, 1.165) is 0 Å². The molecule has 0 aliphatic carbocycles. The molecule has 0 radical (unpaired) electrons. The summed E-state index contributed by atoms with van der Waals surface area (Å²) in [6, 6.07) is 4.27. The molecular weight excluding hydrogens is 276 g/mol. The van der Waals surface area contributed by atoms with Crippen molar-refractivity contribution in [2.75, 3.05) is 20.2 Å². The first-order valence-corrected chi connectivity index (χ1v) is 6.51. The molecule has 0 aromatic heterocycles. The molecule has 7 nitrogen and oxygen atoms in total. The van der Waals surface area contributed by atoms with E-state index < -0.39 is 16.8 Å². The van der Waals surface area contributed by atoms with Crippen LogP contribution < -0.4 is 0 Å². The van der Waals surface area contributed by atoms with E-state index in [1.54, 1.807) is 6.92 Å². The van der Waals surface area contributed by atoms with Crippen molar-refractivity contribution in [3.8, 4) is 0 Å². The van der Waals surface area contributed by atoms with Gasteiger partial charge in [0.1, 0.15) is 6.54 Å². The number of carbonyl (C=O) groups excluding carboxylic acids is 2. The summed E-state index contributed by atoms with van der Waals surface area (Å²) in [5.74, 6) is -0.955. The van der Waals surface area contributed by atoms with Gasteiger partial charge in [0.25, 0.3) is 11.6 Å². The number of nitro benzene ring substituents is 1. The van der Waals surface area contributed by atoms with E-state index in [2.05, 4.69) is 4.74 Å². The molecule has 1 aromatic rings. The average molecular weight is 294 g/mol. The quantitative estimate of drug-likeness (QED) is 0.454. The van der Waals surface area contributed by atoms with Crippen LogP contribution in [0.25, 0.3) is 0 Å². The normalized spacial score (nSPS) is 10.0. The van der Waals surface area contributed by atoms with Gasteiger partial charge >= 0.3 is 5.97 Å². The van der Waals surface area contributed by atoms with Crippen LogP contribution in [-0.2, 0) is 9.53 Å². The van der Waals surface area contributed by atoms with Crippen LogP contribution in [0.2, 0.25) is 0 Å². The summed E-state index contributed by atoms with van der Waals surface area (Å²) in [6.45, 7) is 3.67. The highest BCUT2D eigenvalue weighted by Gasteiger charge is 2.21. The number of methoxy groups -OCH3 is 1. The van der Waals surface area contributed by atoms with Crippen molar-refractivity contribution in [2.24, 2.45) is 0 Å². The first-order chi connectivity index (χ1) is 9.90. The molecule has 0 aliphatic rings. The maximum atomic E-state index is 12.4. The number of amides is 1. The van der Waals surface area contributed by atoms with E-state index in [-0.39, 0.29) is 17.8 Å². The number of hydrogen-bond donors (Lipinski definition) is 0. The lowest BCUT2D eigenvalue weighted by atomic mass is 10.1. The van der Waals surface area contributed by atoms with Gasteiger partial charge in [-0.3, -0.25) is 19.7 Å². The fourth-order valence-electron chi connectivity index (χ4n) is 1.86. The molecule has 0 saturated heterocycles. The van der Waals surface area contributed by atoms with E-state index >= 15 is 0 Å². The van der Waals surface area contributed by atoms with Crippen LogP contribution in [0.4, 0.5) is 5.69 Å². The van der Waals surface area contributed by atoms with Gasteiger partial charge in [0.15, 0.2) is 0 Å². The Labute approximate surface area is 122 Å². The summed E-state index contributed by atoms with van der Waals surface area (Å²) >= 11 is 0. The van der Waals surface area contributed by atoms with Crippen LogP contribution in [-0.4, -0.2) is 41.9 Å². The summed E-state index contributed by atoms with van der Waals surface area (Å²) < 4.78 is 4.55. The largest absolute Gasteiger partial charge is 0.468 e. The van der Waals surface area contributed by atoms with Gasteiger partial charge in [-0.1, -0.05) is 13.0 Å². The molecule has 0 N–H and O–H groups in total. The topological polar surface area (TPSA) is 89.8 Å². The van der Waals surface area contributed by atoms with E-state index in [1.807, 2.05) is 6.92 Å². The second-order valence-corrected chi connectivity index (χ2v) is 4.56. The molecule has 0 spiro atoms. The third-order valence-corrected chi connectivity index (χ3v) is 2.98. The van der Waals surface area contributed by atoms with Gasteiger partial charge in [-0.25, -0.2) is 0 Å². The molecule has 0 saturated carbocycles. The summed E-state index contributed by atoms with van der Waals surface area (Å²) in [5.41, 5.74) is 0.548. The van der Waals surface area contributed by atoms with Crippen molar-refractivity contribution in [1.29, 1.82) is 0 Å². The minimum absolute atomic E-state index is 0.115. The Bertz CT molecular complexity index is 556. The zero-order valence-corrected chi connectivity index (χ0v) is 12.3. The van der Waals surface area contributed by atoms with Crippen LogP contribution >= 0.6 is 0 Å². The van der Waals surface area contributed by atoms with E-state index in [4.69, 9.17) is 0 Å². The number of hydrogen-bond acceptors (Lipinski definition) is 5. The van der Waals surface area contributed by atoms with E-state index in [1.165, 1.54) is 30.2 Å². The lowest BCUT2D eigenvalue weighted by molar-refractivity contribution is -0.385. The Morgan fingerprint density at radius 2 is 2.05 bits per heavy atom. The Balaban J connectivity index is 3.06. The predicted molar refractivity (Wildman–Crippen MR) is 76.0 cm³/mol. The monoisotopic (exact) mass is 294 g/mol. The van der Waals surface area contributed by atoms with Crippen LogP contribution in [0.3, 0.4) is 0 Å². The Morgan fingerprint density at radius 3 is 2.57 bits per heavy atom. The van der Waals surface area contributed by atoms with Gasteiger partial charge < -0.3 is 9.64 Å². The Hall–Kier alpha value is -2.44. The SMILES string of the molecule is CCCN(CC(=O)OC)C(=O)c1ccc(C)c([N+](=O)[O-])c1. The second kappa shape index (κ2) is 7.37. The highest BCUT2D eigenvalue weighted by atomic mass is 16.6. The lowest BCUT2D eigenvalue weighted by Gasteiger charge is -2.20. The number of nitrogens with zero attached hydrogens (tertiary/aromatic N) is 2. The molecule has 0 atom stereocenters. The van der Waals surface area contributed by atoms with Crippen LogP contribution in [0.15, 0.2) is 18.2 Å². The number of carbonyl (C=O) groups is 2. The van der Waals surface area contributed by atoms with Crippen molar-refractivity contribution in [2.45, 2.75) is 20.3 Å². The standard InChI is InChI=1S/C14H18N2O5/c1-4-7-15(9-13(17)21-3)14(18)11-6-5-10(2)12(8-11)16(19)20/h5-6,8H,4,7,9H2,1-3H3. The summed E-state index contributed by atoms with van der Waals surface area (Å²) in [5, 5.41) is 10.9. The molecular formula is C14H18N2O5. The van der Waals surface area contributed by atoms with Gasteiger partial charge in [0.2, 0.25) is 0 Å². The molecule has 114 valence electrons. The maximum absolute atomic E-state index is 12.4. The van der Waals surface area contributed by atoms with Crippen LogP contribution in [0, 0.1) is 17.0 Å². The summed E-state index contributed by atoms with van der Waals surface area (Å²) in [6.07, 6.45) is 0.663. The predicted octanol–water partition coefficient (Wildman–Crippen LogP) is 1.93. The molecule has 0 unspecified atom stereocenters. The minimum atomic E-state index is -0.531. The van der Waals surface area contributed by atoms with Crippen LogP contribution in [0.1, 0.15) is 29.3 Å². The zero-order valence-electron chi connectivity index (χ0n) is 12.3. The lowest BCUT2D eigenvalue weighted by Crippen LogP contribution is -2.36. The number of esters is 1.